The van der Waals surface area contributed by atoms with Gasteiger partial charge in [0.1, 0.15) is 5.76 Å². The molecule has 1 aromatic heterocycles. The minimum absolute atomic E-state index is 0.136. The Balaban J connectivity index is 1.52. The van der Waals surface area contributed by atoms with Crippen molar-refractivity contribution in [2.24, 2.45) is 10.9 Å². The predicted octanol–water partition coefficient (Wildman–Crippen LogP) is 1.79. The van der Waals surface area contributed by atoms with Crippen LogP contribution in [0.4, 0.5) is 0 Å². The van der Waals surface area contributed by atoms with Gasteiger partial charge in [0.05, 0.1) is 18.9 Å². The van der Waals surface area contributed by atoms with Gasteiger partial charge in [0.25, 0.3) is 0 Å². The molecule has 0 spiro atoms. The van der Waals surface area contributed by atoms with Crippen molar-refractivity contribution in [2.75, 3.05) is 39.8 Å². The number of aliphatic imine (C=N–C) groups is 1. The van der Waals surface area contributed by atoms with Crippen molar-refractivity contribution in [3.8, 4) is 0 Å². The lowest BCUT2D eigenvalue weighted by molar-refractivity contribution is -0.121. The summed E-state index contributed by atoms with van der Waals surface area (Å²) >= 11 is 0. The molecule has 2 aliphatic heterocycles. The Hall–Kier alpha value is -2.02. The number of hydrogen-bond donors (Lipinski definition) is 2. The quantitative estimate of drug-likeness (QED) is 0.560. The van der Waals surface area contributed by atoms with Crippen LogP contribution in [0.5, 0.6) is 0 Å². The summed E-state index contributed by atoms with van der Waals surface area (Å²) in [6, 6.07) is 3.91. The number of nitrogens with zero attached hydrogens (tertiary/aromatic N) is 2. The first-order chi connectivity index (χ1) is 13.2. The normalized spacial score (nSPS) is 21.4. The monoisotopic (exact) mass is 376 g/mol. The number of hydrogen-bond acceptors (Lipinski definition) is 4. The van der Waals surface area contributed by atoms with Crippen LogP contribution in [0.1, 0.15) is 37.9 Å². The van der Waals surface area contributed by atoms with E-state index in [9.17, 15) is 4.79 Å². The van der Waals surface area contributed by atoms with E-state index in [1.165, 1.54) is 0 Å². The molecule has 7 heteroatoms. The summed E-state index contributed by atoms with van der Waals surface area (Å²) in [6.45, 7) is 4.21. The molecule has 2 fully saturated rings. The van der Waals surface area contributed by atoms with Crippen molar-refractivity contribution >= 4 is 11.9 Å². The Morgan fingerprint density at radius 1 is 1.33 bits per heavy atom. The SMILES string of the molecule is CNC(=O)CC1CCN(C(=NCC2CCCO2)NCCc2ccco2)CC1. The maximum absolute atomic E-state index is 11.6. The maximum Gasteiger partial charge on any atom is 0.220 e. The third-order valence-electron chi connectivity index (χ3n) is 5.37. The molecule has 1 unspecified atom stereocenters. The summed E-state index contributed by atoms with van der Waals surface area (Å²) in [6.07, 6.45) is 7.68. The summed E-state index contributed by atoms with van der Waals surface area (Å²) in [7, 11) is 1.70. The van der Waals surface area contributed by atoms with Crippen LogP contribution in [-0.2, 0) is 16.0 Å². The molecule has 2 saturated heterocycles. The second-order valence-corrected chi connectivity index (χ2v) is 7.36. The Bertz CT molecular complexity index is 588. The summed E-state index contributed by atoms with van der Waals surface area (Å²) in [5.74, 6) is 2.53. The highest BCUT2D eigenvalue weighted by Gasteiger charge is 2.24. The smallest absolute Gasteiger partial charge is 0.220 e. The fourth-order valence-electron chi connectivity index (χ4n) is 3.71. The van der Waals surface area contributed by atoms with Crippen molar-refractivity contribution in [1.29, 1.82) is 0 Å². The van der Waals surface area contributed by atoms with Crippen LogP contribution in [0.25, 0.3) is 0 Å². The standard InChI is InChI=1S/C20H32N4O3/c1-21-19(25)14-16-7-10-24(11-8-16)20(23-15-18-5-3-13-27-18)22-9-6-17-4-2-12-26-17/h2,4,12,16,18H,3,5-11,13-15H2,1H3,(H,21,25)(H,22,23). The number of likely N-dealkylation sites (tertiary alicyclic amines) is 1. The first-order valence-corrected chi connectivity index (χ1v) is 10.1. The fourth-order valence-corrected chi connectivity index (χ4v) is 3.71. The molecular formula is C20H32N4O3. The van der Waals surface area contributed by atoms with Crippen LogP contribution in [-0.4, -0.2) is 62.7 Å². The second kappa shape index (κ2) is 10.3. The first-order valence-electron chi connectivity index (χ1n) is 10.1. The third-order valence-corrected chi connectivity index (χ3v) is 5.37. The molecule has 7 nitrogen and oxygen atoms in total. The number of rotatable bonds is 7. The molecular weight excluding hydrogens is 344 g/mol. The van der Waals surface area contributed by atoms with Gasteiger partial charge in [-0.3, -0.25) is 9.79 Å². The van der Waals surface area contributed by atoms with Gasteiger partial charge < -0.3 is 24.7 Å². The molecule has 3 heterocycles. The van der Waals surface area contributed by atoms with Gasteiger partial charge in [-0.05, 0) is 43.7 Å². The van der Waals surface area contributed by atoms with Crippen molar-refractivity contribution < 1.29 is 13.9 Å². The van der Waals surface area contributed by atoms with E-state index in [2.05, 4.69) is 15.5 Å². The van der Waals surface area contributed by atoms with Gasteiger partial charge in [-0.25, -0.2) is 0 Å². The van der Waals surface area contributed by atoms with E-state index in [-0.39, 0.29) is 12.0 Å². The number of nitrogens with one attached hydrogen (secondary N) is 2. The van der Waals surface area contributed by atoms with Crippen molar-refractivity contribution in [3.05, 3.63) is 24.2 Å². The highest BCUT2D eigenvalue weighted by Crippen LogP contribution is 2.21. The van der Waals surface area contributed by atoms with Gasteiger partial charge in [0.15, 0.2) is 5.96 Å². The van der Waals surface area contributed by atoms with E-state index in [1.807, 2.05) is 12.1 Å². The maximum atomic E-state index is 11.6. The van der Waals surface area contributed by atoms with Crippen LogP contribution < -0.4 is 10.6 Å². The number of amides is 1. The fraction of sp³-hybridized carbons (Fsp3) is 0.700. The summed E-state index contributed by atoms with van der Waals surface area (Å²) in [5, 5.41) is 6.23. The van der Waals surface area contributed by atoms with Crippen LogP contribution >= 0.6 is 0 Å². The molecule has 27 heavy (non-hydrogen) atoms. The van der Waals surface area contributed by atoms with E-state index in [4.69, 9.17) is 14.1 Å². The van der Waals surface area contributed by atoms with Crippen LogP contribution in [0.2, 0.25) is 0 Å². The van der Waals surface area contributed by atoms with E-state index in [0.717, 1.165) is 70.1 Å². The van der Waals surface area contributed by atoms with Crippen LogP contribution in [0, 0.1) is 5.92 Å². The number of ether oxygens (including phenoxy) is 1. The highest BCUT2D eigenvalue weighted by atomic mass is 16.5. The average Bonchev–Trinajstić information content (AvgIpc) is 3.39. The van der Waals surface area contributed by atoms with E-state index in [1.54, 1.807) is 13.3 Å². The van der Waals surface area contributed by atoms with Crippen molar-refractivity contribution in [3.63, 3.8) is 0 Å². The van der Waals surface area contributed by atoms with Gasteiger partial charge in [0, 0.05) is 46.1 Å². The summed E-state index contributed by atoms with van der Waals surface area (Å²) in [5.41, 5.74) is 0. The zero-order chi connectivity index (χ0) is 18.9. The molecule has 150 valence electrons. The van der Waals surface area contributed by atoms with Gasteiger partial charge >= 0.3 is 0 Å². The van der Waals surface area contributed by atoms with Crippen LogP contribution in [0.3, 0.4) is 0 Å². The van der Waals surface area contributed by atoms with E-state index >= 15 is 0 Å². The largest absolute Gasteiger partial charge is 0.469 e. The summed E-state index contributed by atoms with van der Waals surface area (Å²) < 4.78 is 11.1. The highest BCUT2D eigenvalue weighted by molar-refractivity contribution is 5.80. The number of guanidine groups is 1. The van der Waals surface area contributed by atoms with Gasteiger partial charge in [0.2, 0.25) is 5.91 Å². The number of carbonyl (C=O) groups excluding carboxylic acids is 1. The Kier molecular flexibility index (Phi) is 7.56. The molecule has 1 amide bonds. The summed E-state index contributed by atoms with van der Waals surface area (Å²) in [4.78, 5) is 18.8. The number of furan rings is 1. The molecule has 0 aliphatic carbocycles. The van der Waals surface area contributed by atoms with Crippen molar-refractivity contribution in [1.82, 2.24) is 15.5 Å². The lowest BCUT2D eigenvalue weighted by Crippen LogP contribution is -2.47. The Morgan fingerprint density at radius 3 is 2.85 bits per heavy atom. The number of carbonyl (C=O) groups is 1. The molecule has 0 bridgehead atoms. The Morgan fingerprint density at radius 2 is 2.19 bits per heavy atom. The molecule has 3 rings (SSSR count). The molecule has 0 aromatic carbocycles. The number of piperidine rings is 1. The molecule has 0 saturated carbocycles. The zero-order valence-corrected chi connectivity index (χ0v) is 16.3. The molecule has 2 N–H and O–H groups in total. The first kappa shape index (κ1) is 19.7. The molecule has 1 atom stereocenters. The lowest BCUT2D eigenvalue weighted by Gasteiger charge is -2.34. The second-order valence-electron chi connectivity index (χ2n) is 7.36. The molecule has 2 aliphatic rings. The van der Waals surface area contributed by atoms with Crippen LogP contribution in [0.15, 0.2) is 27.8 Å². The van der Waals surface area contributed by atoms with Gasteiger partial charge in [-0.2, -0.15) is 0 Å². The van der Waals surface area contributed by atoms with Crippen molar-refractivity contribution in [2.45, 2.75) is 44.6 Å². The lowest BCUT2D eigenvalue weighted by atomic mass is 9.93. The third kappa shape index (κ3) is 6.27. The van der Waals surface area contributed by atoms with Gasteiger partial charge in [-0.15, -0.1) is 0 Å². The zero-order valence-electron chi connectivity index (χ0n) is 16.3. The Labute approximate surface area is 161 Å². The molecule has 0 radical (unpaired) electrons. The van der Waals surface area contributed by atoms with Gasteiger partial charge in [-0.1, -0.05) is 0 Å². The van der Waals surface area contributed by atoms with E-state index < -0.39 is 0 Å². The minimum atomic E-state index is 0.136. The topological polar surface area (TPSA) is 79.1 Å². The molecule has 1 aromatic rings. The minimum Gasteiger partial charge on any atom is -0.469 e. The van der Waals surface area contributed by atoms with E-state index in [0.29, 0.717) is 18.9 Å². The average molecular weight is 377 g/mol. The predicted molar refractivity (Wildman–Crippen MR) is 105 cm³/mol.